The number of carbonyl (C=O) groups excluding carboxylic acids is 3. The van der Waals surface area contributed by atoms with Crippen molar-refractivity contribution in [1.82, 2.24) is 0 Å². The quantitative estimate of drug-likeness (QED) is 0.103. The van der Waals surface area contributed by atoms with Gasteiger partial charge in [-0.1, -0.05) is 31.9 Å². The predicted octanol–water partition coefficient (Wildman–Crippen LogP) is -5.34. The Morgan fingerprint density at radius 3 is 1.83 bits per heavy atom. The molecule has 35 heavy (non-hydrogen) atoms. The zero-order valence-corrected chi connectivity index (χ0v) is 28.2. The number of nitriles is 2. The van der Waals surface area contributed by atoms with Gasteiger partial charge in [0.1, 0.15) is 18.0 Å². The van der Waals surface area contributed by atoms with Gasteiger partial charge in [-0.3, -0.25) is 14.4 Å². The summed E-state index contributed by atoms with van der Waals surface area (Å²) >= 11 is 6.34. The first-order valence-electron chi connectivity index (χ1n) is 8.33. The van der Waals surface area contributed by atoms with Crippen LogP contribution in [0.4, 0.5) is 10.1 Å². The van der Waals surface area contributed by atoms with Gasteiger partial charge in [0.25, 0.3) is 6.47 Å². The Bertz CT molecular complexity index is 1030. The third kappa shape index (κ3) is 23.8. The normalized spacial score (nSPS) is 7.86. The van der Waals surface area contributed by atoms with Gasteiger partial charge in [0.15, 0.2) is 0 Å². The average molecular weight is 668 g/mol. The number of benzene rings is 2. The molecule has 0 atom stereocenters. The van der Waals surface area contributed by atoms with Crippen molar-refractivity contribution in [3.8, 4) is 12.1 Å². The summed E-state index contributed by atoms with van der Waals surface area (Å²) in [4.78, 5) is 31.2. The Morgan fingerprint density at radius 2 is 1.49 bits per heavy atom. The second-order valence-electron chi connectivity index (χ2n) is 5.22. The van der Waals surface area contributed by atoms with Crippen LogP contribution in [0.3, 0.4) is 0 Å². The molecule has 11 nitrogen and oxygen atoms in total. The van der Waals surface area contributed by atoms with E-state index in [4.69, 9.17) is 32.0 Å². The molecular formula is C19H19Br2FK2N6O5. The summed E-state index contributed by atoms with van der Waals surface area (Å²) in [5, 5.41) is 28.3. The van der Waals surface area contributed by atoms with Crippen molar-refractivity contribution in [2.45, 2.75) is 0 Å². The molecule has 0 spiro atoms. The maximum absolute atomic E-state index is 12.6. The Hall–Kier alpha value is -0.287. The number of rotatable bonds is 5. The van der Waals surface area contributed by atoms with Crippen molar-refractivity contribution in [2.75, 3.05) is 18.4 Å². The molecule has 0 radical (unpaired) electrons. The van der Waals surface area contributed by atoms with Crippen molar-refractivity contribution >= 4 is 55.8 Å². The van der Waals surface area contributed by atoms with Crippen molar-refractivity contribution in [1.29, 1.82) is 10.5 Å². The van der Waals surface area contributed by atoms with Crippen LogP contribution in [0, 0.1) is 28.5 Å². The fourth-order valence-electron chi connectivity index (χ4n) is 1.52. The summed E-state index contributed by atoms with van der Waals surface area (Å²) in [7, 11) is 0. The molecule has 0 aliphatic rings. The monoisotopic (exact) mass is 666 g/mol. The van der Waals surface area contributed by atoms with E-state index in [1.807, 2.05) is 6.07 Å². The summed E-state index contributed by atoms with van der Waals surface area (Å²) < 4.78 is 14.1. The summed E-state index contributed by atoms with van der Waals surface area (Å²) in [5.41, 5.74) is 15.3. The van der Waals surface area contributed by atoms with Crippen LogP contribution in [0.5, 0.6) is 0 Å². The van der Waals surface area contributed by atoms with Gasteiger partial charge in [-0.25, -0.2) is 4.39 Å². The Labute approximate surface area is 304 Å². The number of nitrogens with two attached hydrogens (primary N) is 3. The molecule has 0 saturated carbocycles. The van der Waals surface area contributed by atoms with Crippen molar-refractivity contribution in [2.24, 2.45) is 17.2 Å². The zero-order chi connectivity index (χ0) is 25.8. The van der Waals surface area contributed by atoms with Crippen LogP contribution in [0.15, 0.2) is 45.3 Å². The maximum atomic E-state index is 12.6. The topological polar surface area (TPSA) is 221 Å². The molecular weight excluding hydrogens is 649 g/mol. The molecule has 0 saturated heterocycles. The first kappa shape index (κ1) is 41.8. The molecule has 2 aromatic carbocycles. The van der Waals surface area contributed by atoms with Crippen LogP contribution in [-0.2, 0) is 19.3 Å². The van der Waals surface area contributed by atoms with Crippen LogP contribution in [-0.4, -0.2) is 31.4 Å². The molecule has 16 heteroatoms. The Balaban J connectivity index is -0.000000129. The number of halogens is 3. The SMILES string of the molecule is N#Cc1ccc(Br)cc1F.N#Cc1ccc(Br)cc1NCC(N)=O.NCC(N)=O.O=CO[O-].[H-].[K+].[K+]. The van der Waals surface area contributed by atoms with Gasteiger partial charge in [-0.2, -0.15) is 10.5 Å². The number of primary amides is 2. The second kappa shape index (κ2) is 26.8. The Kier molecular flexibility index (Phi) is 32.0. The third-order valence-corrected chi connectivity index (χ3v) is 3.83. The molecule has 2 aromatic rings. The molecule has 0 aliphatic heterocycles. The van der Waals surface area contributed by atoms with Crippen LogP contribution in [0.2, 0.25) is 0 Å². The number of nitrogens with zero attached hydrogens (tertiary/aromatic N) is 2. The fourth-order valence-corrected chi connectivity index (χ4v) is 2.22. The minimum Gasteiger partial charge on any atom is -1.00 e. The standard InChI is InChI=1S/C9H8BrN3O.C7H3BrFN.C2H6N2O.CH2O3.2K.H/c10-7-2-1-6(4-11)8(3-7)13-5-9(12)14;8-6-2-1-5(4-10)7(9)3-6;3-1-2(4)5;2-1-4-3;;;/h1-3,13H,5H2,(H2,12,14);1-3H;1,3H2,(H2,4,5);1,3H;;;/q;;;;2*+1;-1/p-1. The van der Waals surface area contributed by atoms with E-state index >= 15 is 0 Å². The molecule has 7 N–H and O–H groups in total. The number of carbonyl (C=O) groups is 3. The fraction of sp³-hybridized carbons (Fsp3) is 0.105. The molecule has 0 unspecified atom stereocenters. The van der Waals surface area contributed by atoms with E-state index in [9.17, 15) is 14.0 Å². The van der Waals surface area contributed by atoms with E-state index in [2.05, 4.69) is 47.8 Å². The largest absolute Gasteiger partial charge is 1.00 e. The van der Waals surface area contributed by atoms with Gasteiger partial charge in [0.05, 0.1) is 29.9 Å². The predicted molar refractivity (Wildman–Crippen MR) is 122 cm³/mol. The smallest absolute Gasteiger partial charge is 1.00 e. The van der Waals surface area contributed by atoms with E-state index in [0.717, 1.165) is 4.47 Å². The summed E-state index contributed by atoms with van der Waals surface area (Å²) in [5.74, 6) is -1.42. The minimum atomic E-state index is -0.489. The van der Waals surface area contributed by atoms with Gasteiger partial charge in [0, 0.05) is 8.95 Å². The number of hydrogen-bond donors (Lipinski definition) is 4. The van der Waals surface area contributed by atoms with Crippen LogP contribution >= 0.6 is 31.9 Å². The minimum absolute atomic E-state index is 0. The summed E-state index contributed by atoms with van der Waals surface area (Å²) in [6.45, 7) is -0.217. The van der Waals surface area contributed by atoms with E-state index in [0.29, 0.717) is 15.7 Å². The summed E-state index contributed by atoms with van der Waals surface area (Å²) in [6.07, 6.45) is 0. The van der Waals surface area contributed by atoms with Crippen molar-refractivity contribution in [3.05, 3.63) is 62.3 Å². The number of hydrogen-bond acceptors (Lipinski definition) is 9. The van der Waals surface area contributed by atoms with Gasteiger partial charge >= 0.3 is 103 Å². The average Bonchev–Trinajstić information content (AvgIpc) is 2.78. The van der Waals surface area contributed by atoms with Gasteiger partial charge in [0.2, 0.25) is 11.8 Å². The van der Waals surface area contributed by atoms with Crippen molar-refractivity contribution < 1.29 is 133 Å². The number of amides is 2. The van der Waals surface area contributed by atoms with E-state index in [-0.39, 0.29) is 129 Å². The molecule has 0 aromatic heterocycles. The number of anilines is 1. The first-order chi connectivity index (χ1) is 15.6. The molecule has 0 aliphatic carbocycles. The number of nitrogens with one attached hydrogen (secondary N) is 1. The van der Waals surface area contributed by atoms with E-state index in [1.165, 1.54) is 12.1 Å². The maximum Gasteiger partial charge on any atom is 1.00 e. The van der Waals surface area contributed by atoms with Gasteiger partial charge < -0.3 is 34.1 Å². The zero-order valence-electron chi connectivity index (χ0n) is 19.8. The third-order valence-electron chi connectivity index (χ3n) is 2.85. The first-order valence-corrected chi connectivity index (χ1v) is 9.92. The van der Waals surface area contributed by atoms with E-state index < -0.39 is 17.6 Å². The summed E-state index contributed by atoms with van der Waals surface area (Å²) in [6, 6.07) is 13.2. The molecule has 0 bridgehead atoms. The molecule has 0 fully saturated rings. The molecule has 2 rings (SSSR count). The van der Waals surface area contributed by atoms with Gasteiger partial charge in [-0.15, -0.1) is 0 Å². The molecule has 0 heterocycles. The van der Waals surface area contributed by atoms with E-state index in [1.54, 1.807) is 30.3 Å². The second-order valence-corrected chi connectivity index (χ2v) is 7.05. The van der Waals surface area contributed by atoms with Crippen LogP contribution in [0.25, 0.3) is 0 Å². The Morgan fingerprint density at radius 1 is 1.06 bits per heavy atom. The van der Waals surface area contributed by atoms with Crippen LogP contribution in [0.1, 0.15) is 12.6 Å². The van der Waals surface area contributed by atoms with Gasteiger partial charge in [-0.05, 0) is 36.4 Å². The van der Waals surface area contributed by atoms with Crippen molar-refractivity contribution in [3.63, 3.8) is 0 Å². The van der Waals surface area contributed by atoms with Crippen LogP contribution < -0.4 is 131 Å². The molecule has 178 valence electrons. The molecule has 2 amide bonds.